The number of anilines is 3. The first kappa shape index (κ1) is 32.0. The van der Waals surface area contributed by atoms with Gasteiger partial charge in [-0.15, -0.1) is 0 Å². The van der Waals surface area contributed by atoms with Crippen LogP contribution in [0.4, 0.5) is 17.1 Å². The highest BCUT2D eigenvalue weighted by Gasteiger charge is 2.15. The van der Waals surface area contributed by atoms with E-state index < -0.39 is 0 Å². The van der Waals surface area contributed by atoms with Crippen LogP contribution in [0.5, 0.6) is 0 Å². The Bertz CT molecular complexity index is 2540. The average Bonchev–Trinajstić information content (AvgIpc) is 3.25. The molecule has 0 heterocycles. The van der Waals surface area contributed by atoms with E-state index in [1.54, 1.807) is 0 Å². The molecule has 0 bridgehead atoms. The summed E-state index contributed by atoms with van der Waals surface area (Å²) >= 11 is 0. The maximum atomic E-state index is 2.35. The van der Waals surface area contributed by atoms with E-state index in [0.717, 1.165) is 17.1 Å². The van der Waals surface area contributed by atoms with Crippen molar-refractivity contribution in [2.45, 2.75) is 0 Å². The Labute approximate surface area is 311 Å². The summed E-state index contributed by atoms with van der Waals surface area (Å²) in [5.74, 6) is 0. The monoisotopic (exact) mass is 675 g/mol. The summed E-state index contributed by atoms with van der Waals surface area (Å²) in [4.78, 5) is 2.35. The molecule has 1 heteroatoms. The van der Waals surface area contributed by atoms with Crippen molar-refractivity contribution in [3.63, 3.8) is 0 Å². The Morgan fingerprint density at radius 1 is 0.189 bits per heavy atom. The number of rotatable bonds is 8. The van der Waals surface area contributed by atoms with Crippen LogP contribution in [0, 0.1) is 0 Å². The molecule has 0 unspecified atom stereocenters. The molecule has 0 amide bonds. The molecule has 0 aliphatic heterocycles. The molecule has 53 heavy (non-hydrogen) atoms. The topological polar surface area (TPSA) is 3.24 Å². The molecule has 250 valence electrons. The SMILES string of the molecule is c1ccc(-c2ccc(N(c3ccc(-c4ccccc4)cc3)c3cccc(-c4cccc(-c5ccc6ccc(-c7ccccc7)cc6c5)c4)c3)cc2)cc1. The molecular weight excluding hydrogens is 639 g/mol. The van der Waals surface area contributed by atoms with Crippen LogP contribution in [-0.2, 0) is 0 Å². The van der Waals surface area contributed by atoms with E-state index in [1.165, 1.54) is 66.4 Å². The minimum atomic E-state index is 1.10. The lowest BCUT2D eigenvalue weighted by Gasteiger charge is -2.26. The maximum Gasteiger partial charge on any atom is 0.0467 e. The van der Waals surface area contributed by atoms with E-state index >= 15 is 0 Å². The third-order valence-electron chi connectivity index (χ3n) is 10.0. The summed E-state index contributed by atoms with van der Waals surface area (Å²) in [5, 5.41) is 2.48. The molecule has 0 saturated heterocycles. The summed E-state index contributed by atoms with van der Waals surface area (Å²) in [7, 11) is 0. The number of benzene rings is 9. The quantitative estimate of drug-likeness (QED) is 0.155. The van der Waals surface area contributed by atoms with Crippen molar-refractivity contribution in [1.82, 2.24) is 0 Å². The molecular formula is C52H37N. The Morgan fingerprint density at radius 2 is 0.528 bits per heavy atom. The Morgan fingerprint density at radius 3 is 1.02 bits per heavy atom. The van der Waals surface area contributed by atoms with Crippen molar-refractivity contribution in [1.29, 1.82) is 0 Å². The van der Waals surface area contributed by atoms with Crippen LogP contribution >= 0.6 is 0 Å². The first-order valence-corrected chi connectivity index (χ1v) is 18.2. The lowest BCUT2D eigenvalue weighted by Crippen LogP contribution is -2.10. The van der Waals surface area contributed by atoms with Gasteiger partial charge in [0.15, 0.2) is 0 Å². The molecule has 9 rings (SSSR count). The third-order valence-corrected chi connectivity index (χ3v) is 10.0. The summed E-state index contributed by atoms with van der Waals surface area (Å²) in [6, 6.07) is 80.8. The van der Waals surface area contributed by atoms with Gasteiger partial charge in [0.05, 0.1) is 0 Å². The van der Waals surface area contributed by atoms with Crippen LogP contribution in [0.2, 0.25) is 0 Å². The summed E-state index contributed by atoms with van der Waals surface area (Å²) < 4.78 is 0. The minimum Gasteiger partial charge on any atom is -0.310 e. The van der Waals surface area contributed by atoms with E-state index in [4.69, 9.17) is 0 Å². The van der Waals surface area contributed by atoms with Crippen LogP contribution in [0.3, 0.4) is 0 Å². The molecule has 0 aliphatic carbocycles. The molecule has 9 aromatic rings. The largest absolute Gasteiger partial charge is 0.310 e. The van der Waals surface area contributed by atoms with E-state index in [-0.39, 0.29) is 0 Å². The zero-order valence-corrected chi connectivity index (χ0v) is 29.3. The number of hydrogen-bond acceptors (Lipinski definition) is 1. The van der Waals surface area contributed by atoms with E-state index in [1.807, 2.05) is 0 Å². The summed E-state index contributed by atoms with van der Waals surface area (Å²) in [6.07, 6.45) is 0. The fourth-order valence-corrected chi connectivity index (χ4v) is 7.25. The van der Waals surface area contributed by atoms with Gasteiger partial charge in [-0.2, -0.15) is 0 Å². The molecule has 0 saturated carbocycles. The van der Waals surface area contributed by atoms with Gasteiger partial charge in [-0.05, 0) is 121 Å². The summed E-state index contributed by atoms with van der Waals surface area (Å²) in [6.45, 7) is 0. The number of hydrogen-bond donors (Lipinski definition) is 0. The lowest BCUT2D eigenvalue weighted by molar-refractivity contribution is 1.28. The summed E-state index contributed by atoms with van der Waals surface area (Å²) in [5.41, 5.74) is 15.4. The second-order valence-corrected chi connectivity index (χ2v) is 13.4. The van der Waals surface area contributed by atoms with Crippen LogP contribution in [0.25, 0.3) is 66.4 Å². The standard InChI is InChI=1S/C52H37N/c1-4-12-38(13-5-1)41-26-30-50(31-27-41)53(51-32-28-42(29-33-51)39-14-6-2-7-15-39)52-21-11-20-46(37-52)44-18-10-19-45(34-44)48-25-23-43-22-24-47(35-49(43)36-48)40-16-8-3-9-17-40/h1-37H. The van der Waals surface area contributed by atoms with E-state index in [9.17, 15) is 0 Å². The smallest absolute Gasteiger partial charge is 0.0467 e. The molecule has 0 N–H and O–H groups in total. The lowest BCUT2D eigenvalue weighted by atomic mass is 9.95. The van der Waals surface area contributed by atoms with Gasteiger partial charge in [-0.3, -0.25) is 0 Å². The highest BCUT2D eigenvalue weighted by molar-refractivity contribution is 5.91. The Hall–Kier alpha value is -6.96. The minimum absolute atomic E-state index is 1.10. The zero-order chi connectivity index (χ0) is 35.4. The fraction of sp³-hybridized carbons (Fsp3) is 0. The number of nitrogens with zero attached hydrogens (tertiary/aromatic N) is 1. The highest BCUT2D eigenvalue weighted by Crippen LogP contribution is 2.39. The molecule has 0 aromatic heterocycles. The first-order valence-electron chi connectivity index (χ1n) is 18.2. The molecule has 1 nitrogen and oxygen atoms in total. The van der Waals surface area contributed by atoms with Gasteiger partial charge in [-0.1, -0.05) is 170 Å². The van der Waals surface area contributed by atoms with Crippen LogP contribution in [-0.4, -0.2) is 0 Å². The zero-order valence-electron chi connectivity index (χ0n) is 29.3. The van der Waals surface area contributed by atoms with Gasteiger partial charge in [0, 0.05) is 17.1 Å². The molecule has 0 aliphatic rings. The molecule has 9 aromatic carbocycles. The number of fused-ring (bicyclic) bond motifs is 1. The van der Waals surface area contributed by atoms with Crippen molar-refractivity contribution >= 4 is 27.8 Å². The predicted molar refractivity (Wildman–Crippen MR) is 226 cm³/mol. The Balaban J connectivity index is 1.08. The average molecular weight is 676 g/mol. The van der Waals surface area contributed by atoms with Crippen LogP contribution in [0.15, 0.2) is 224 Å². The Kier molecular flexibility index (Phi) is 8.66. The predicted octanol–water partition coefficient (Wildman–Crippen LogP) is 14.6. The molecule has 0 radical (unpaired) electrons. The molecule has 0 fully saturated rings. The van der Waals surface area contributed by atoms with Gasteiger partial charge >= 0.3 is 0 Å². The van der Waals surface area contributed by atoms with Crippen molar-refractivity contribution in [3.8, 4) is 55.6 Å². The van der Waals surface area contributed by atoms with Gasteiger partial charge in [-0.25, -0.2) is 0 Å². The van der Waals surface area contributed by atoms with Crippen LogP contribution in [0.1, 0.15) is 0 Å². The van der Waals surface area contributed by atoms with Crippen molar-refractivity contribution in [2.24, 2.45) is 0 Å². The molecule has 0 spiro atoms. The third kappa shape index (κ3) is 6.77. The fourth-order valence-electron chi connectivity index (χ4n) is 7.25. The second-order valence-electron chi connectivity index (χ2n) is 13.4. The van der Waals surface area contributed by atoms with Gasteiger partial charge in [0.2, 0.25) is 0 Å². The van der Waals surface area contributed by atoms with Gasteiger partial charge in [0.1, 0.15) is 0 Å². The van der Waals surface area contributed by atoms with Crippen molar-refractivity contribution < 1.29 is 0 Å². The van der Waals surface area contributed by atoms with Crippen LogP contribution < -0.4 is 4.90 Å². The maximum absolute atomic E-state index is 2.35. The first-order chi connectivity index (χ1) is 26.2. The normalized spacial score (nSPS) is 11.0. The van der Waals surface area contributed by atoms with E-state index in [0.29, 0.717) is 0 Å². The highest BCUT2D eigenvalue weighted by atomic mass is 15.1. The van der Waals surface area contributed by atoms with Gasteiger partial charge in [0.25, 0.3) is 0 Å². The van der Waals surface area contributed by atoms with E-state index in [2.05, 4.69) is 229 Å². The second kappa shape index (κ2) is 14.3. The van der Waals surface area contributed by atoms with Crippen molar-refractivity contribution in [3.05, 3.63) is 224 Å². The van der Waals surface area contributed by atoms with Crippen molar-refractivity contribution in [2.75, 3.05) is 4.90 Å². The van der Waals surface area contributed by atoms with Gasteiger partial charge < -0.3 is 4.90 Å². The molecule has 0 atom stereocenters.